The summed E-state index contributed by atoms with van der Waals surface area (Å²) < 4.78 is 2.03. The van der Waals surface area contributed by atoms with E-state index in [0.29, 0.717) is 4.88 Å². The number of para-hydroxylation sites is 2. The summed E-state index contributed by atoms with van der Waals surface area (Å²) in [5.41, 5.74) is 1.90. The second-order valence-electron chi connectivity index (χ2n) is 4.84. The largest absolute Gasteiger partial charge is 0.344 e. The first-order valence-corrected chi connectivity index (χ1v) is 7.88. The van der Waals surface area contributed by atoms with E-state index in [4.69, 9.17) is 0 Å². The molecule has 0 aliphatic heterocycles. The van der Waals surface area contributed by atoms with Crippen molar-refractivity contribution in [3.63, 3.8) is 0 Å². The number of benzene rings is 1. The Kier molecular flexibility index (Phi) is 4.07. The van der Waals surface area contributed by atoms with Crippen molar-refractivity contribution >= 4 is 33.3 Å². The lowest BCUT2D eigenvalue weighted by molar-refractivity contribution is -0.380. The molecule has 0 aliphatic rings. The molecule has 1 amide bonds. The summed E-state index contributed by atoms with van der Waals surface area (Å²) in [7, 11) is 0. The van der Waals surface area contributed by atoms with Crippen molar-refractivity contribution in [3.8, 4) is 0 Å². The van der Waals surface area contributed by atoms with Gasteiger partial charge in [0.15, 0.2) is 0 Å². The highest BCUT2D eigenvalue weighted by molar-refractivity contribution is 7.17. The highest BCUT2D eigenvalue weighted by atomic mass is 32.1. The Labute approximate surface area is 135 Å². The average Bonchev–Trinajstić information content (AvgIpc) is 3.16. The lowest BCUT2D eigenvalue weighted by Gasteiger charge is -2.06. The minimum absolute atomic E-state index is 0.0454. The molecule has 1 N–H and O–H groups in total. The first-order valence-electron chi connectivity index (χ1n) is 7.06. The van der Waals surface area contributed by atoms with Gasteiger partial charge in [0, 0.05) is 12.6 Å². The molecule has 0 radical (unpaired) electrons. The van der Waals surface area contributed by atoms with E-state index in [9.17, 15) is 14.9 Å². The summed E-state index contributed by atoms with van der Waals surface area (Å²) in [6.07, 6.45) is 0. The fourth-order valence-corrected chi connectivity index (χ4v) is 3.14. The van der Waals surface area contributed by atoms with Crippen LogP contribution in [-0.2, 0) is 13.1 Å². The minimum Gasteiger partial charge on any atom is -0.344 e. The summed E-state index contributed by atoms with van der Waals surface area (Å²) in [4.78, 5) is 27.1. The molecule has 8 heteroatoms. The maximum atomic E-state index is 12.1. The van der Waals surface area contributed by atoms with Crippen LogP contribution in [0.4, 0.5) is 5.00 Å². The average molecular weight is 330 g/mol. The van der Waals surface area contributed by atoms with E-state index in [1.165, 1.54) is 12.1 Å². The van der Waals surface area contributed by atoms with Crippen LogP contribution in [0.5, 0.6) is 0 Å². The normalized spacial score (nSPS) is 10.8. The Morgan fingerprint density at radius 2 is 2.13 bits per heavy atom. The van der Waals surface area contributed by atoms with E-state index in [-0.39, 0.29) is 17.5 Å². The van der Waals surface area contributed by atoms with Gasteiger partial charge in [0.2, 0.25) is 0 Å². The molecule has 0 atom stereocenters. The van der Waals surface area contributed by atoms with Crippen molar-refractivity contribution < 1.29 is 9.72 Å². The molecule has 118 valence electrons. The number of rotatable bonds is 5. The van der Waals surface area contributed by atoms with Gasteiger partial charge in [0.1, 0.15) is 5.82 Å². The molecule has 3 aromatic rings. The topological polar surface area (TPSA) is 90.1 Å². The fourth-order valence-electron chi connectivity index (χ4n) is 2.41. The first-order chi connectivity index (χ1) is 11.1. The molecule has 0 fully saturated rings. The van der Waals surface area contributed by atoms with Crippen molar-refractivity contribution in [1.82, 2.24) is 14.9 Å². The monoisotopic (exact) mass is 330 g/mol. The SMILES string of the molecule is CCn1c(CNC(=O)c2ccc([N+](=O)[O-])s2)nc2ccccc21. The van der Waals surface area contributed by atoms with E-state index in [2.05, 4.69) is 10.3 Å². The van der Waals surface area contributed by atoms with Crippen LogP contribution < -0.4 is 5.32 Å². The molecule has 2 aromatic heterocycles. The summed E-state index contributed by atoms with van der Waals surface area (Å²) in [6.45, 7) is 3.03. The van der Waals surface area contributed by atoms with Gasteiger partial charge in [0.25, 0.3) is 5.91 Å². The zero-order chi connectivity index (χ0) is 16.4. The van der Waals surface area contributed by atoms with E-state index in [1.54, 1.807) is 0 Å². The van der Waals surface area contributed by atoms with Gasteiger partial charge in [-0.25, -0.2) is 4.98 Å². The van der Waals surface area contributed by atoms with Gasteiger partial charge in [-0.3, -0.25) is 14.9 Å². The standard InChI is InChI=1S/C15H14N4O3S/c1-2-18-11-6-4-3-5-10(11)17-13(18)9-16-15(20)12-7-8-14(23-12)19(21)22/h3-8H,2,9H2,1H3,(H,16,20). The number of fused-ring (bicyclic) bond motifs is 1. The zero-order valence-corrected chi connectivity index (χ0v) is 13.2. The molecule has 0 aliphatic carbocycles. The third kappa shape index (κ3) is 2.93. The lowest BCUT2D eigenvalue weighted by atomic mass is 10.3. The second kappa shape index (κ2) is 6.17. The molecule has 0 bridgehead atoms. The number of carbonyl (C=O) groups is 1. The van der Waals surface area contributed by atoms with E-state index in [0.717, 1.165) is 34.7 Å². The molecule has 1 aromatic carbocycles. The number of aromatic nitrogens is 2. The predicted molar refractivity (Wildman–Crippen MR) is 87.6 cm³/mol. The van der Waals surface area contributed by atoms with Crippen LogP contribution in [0.2, 0.25) is 0 Å². The van der Waals surface area contributed by atoms with E-state index in [1.807, 2.05) is 35.8 Å². The third-order valence-corrected chi connectivity index (χ3v) is 4.49. The summed E-state index contributed by atoms with van der Waals surface area (Å²) in [5.74, 6) is 0.422. The van der Waals surface area contributed by atoms with E-state index >= 15 is 0 Å². The number of nitrogens with one attached hydrogen (secondary N) is 1. The summed E-state index contributed by atoms with van der Waals surface area (Å²) >= 11 is 0.861. The van der Waals surface area contributed by atoms with Gasteiger partial charge < -0.3 is 9.88 Å². The van der Waals surface area contributed by atoms with Gasteiger partial charge >= 0.3 is 5.00 Å². The molecular weight excluding hydrogens is 316 g/mol. The highest BCUT2D eigenvalue weighted by Crippen LogP contribution is 2.24. The quantitative estimate of drug-likeness (QED) is 0.575. The lowest BCUT2D eigenvalue weighted by Crippen LogP contribution is -2.23. The van der Waals surface area contributed by atoms with Crippen LogP contribution >= 0.6 is 11.3 Å². The molecule has 0 spiro atoms. The van der Waals surface area contributed by atoms with Crippen LogP contribution in [0.15, 0.2) is 36.4 Å². The van der Waals surface area contributed by atoms with E-state index < -0.39 is 4.92 Å². The zero-order valence-electron chi connectivity index (χ0n) is 12.4. The van der Waals surface area contributed by atoms with Gasteiger partial charge in [-0.15, -0.1) is 0 Å². The number of nitro groups is 1. The molecule has 0 saturated carbocycles. The van der Waals surface area contributed by atoms with Crippen molar-refractivity contribution in [2.75, 3.05) is 0 Å². The second-order valence-corrected chi connectivity index (χ2v) is 5.90. The molecule has 0 unspecified atom stereocenters. The van der Waals surface area contributed by atoms with Crippen molar-refractivity contribution in [1.29, 1.82) is 0 Å². The number of carbonyl (C=O) groups excluding carboxylic acids is 1. The highest BCUT2D eigenvalue weighted by Gasteiger charge is 2.16. The number of nitrogens with zero attached hydrogens (tertiary/aromatic N) is 3. The van der Waals surface area contributed by atoms with Gasteiger partial charge in [-0.05, 0) is 25.1 Å². The predicted octanol–water partition coefficient (Wildman–Crippen LogP) is 2.96. The Morgan fingerprint density at radius 1 is 1.35 bits per heavy atom. The number of amides is 1. The van der Waals surface area contributed by atoms with Gasteiger partial charge in [-0.2, -0.15) is 0 Å². The summed E-state index contributed by atoms with van der Waals surface area (Å²) in [5, 5.41) is 13.4. The molecule has 3 rings (SSSR count). The minimum atomic E-state index is -0.502. The van der Waals surface area contributed by atoms with Crippen LogP contribution in [-0.4, -0.2) is 20.4 Å². The van der Waals surface area contributed by atoms with Crippen molar-refractivity contribution in [3.05, 3.63) is 57.2 Å². The Hall–Kier alpha value is -2.74. The Balaban J connectivity index is 1.77. The smallest absolute Gasteiger partial charge is 0.324 e. The van der Waals surface area contributed by atoms with Crippen molar-refractivity contribution in [2.45, 2.75) is 20.0 Å². The van der Waals surface area contributed by atoms with Gasteiger partial charge in [-0.1, -0.05) is 23.5 Å². The van der Waals surface area contributed by atoms with Crippen LogP contribution in [0.3, 0.4) is 0 Å². The third-order valence-electron chi connectivity index (χ3n) is 3.45. The van der Waals surface area contributed by atoms with Crippen molar-refractivity contribution in [2.24, 2.45) is 0 Å². The number of imidazole rings is 1. The molecular formula is C15H14N4O3S. The number of hydrogen-bond donors (Lipinski definition) is 1. The van der Waals surface area contributed by atoms with Crippen LogP contribution in [0, 0.1) is 10.1 Å². The Bertz CT molecular complexity index is 884. The summed E-state index contributed by atoms with van der Waals surface area (Å²) in [6, 6.07) is 10.6. The Morgan fingerprint density at radius 3 is 2.83 bits per heavy atom. The van der Waals surface area contributed by atoms with Gasteiger partial charge in [0.05, 0.1) is 27.4 Å². The maximum absolute atomic E-state index is 12.1. The molecule has 7 nitrogen and oxygen atoms in total. The van der Waals surface area contributed by atoms with Crippen LogP contribution in [0.25, 0.3) is 11.0 Å². The fraction of sp³-hybridized carbons (Fsp3) is 0.200. The molecule has 2 heterocycles. The number of hydrogen-bond acceptors (Lipinski definition) is 5. The number of aryl methyl sites for hydroxylation is 1. The maximum Gasteiger partial charge on any atom is 0.324 e. The molecule has 23 heavy (non-hydrogen) atoms. The number of thiophene rings is 1. The molecule has 0 saturated heterocycles. The van der Waals surface area contributed by atoms with Crippen LogP contribution in [0.1, 0.15) is 22.4 Å². The first kappa shape index (κ1) is 15.2.